The Morgan fingerprint density at radius 3 is 3.11 bits per heavy atom. The van der Waals surface area contributed by atoms with Gasteiger partial charge < -0.3 is 9.88 Å². The van der Waals surface area contributed by atoms with E-state index in [9.17, 15) is 0 Å². The van der Waals surface area contributed by atoms with Gasteiger partial charge in [-0.2, -0.15) is 0 Å². The van der Waals surface area contributed by atoms with E-state index in [2.05, 4.69) is 52.4 Å². The summed E-state index contributed by atoms with van der Waals surface area (Å²) in [5.41, 5.74) is 2.44. The predicted molar refractivity (Wildman–Crippen MR) is 77.2 cm³/mol. The van der Waals surface area contributed by atoms with E-state index in [1.54, 1.807) is 11.3 Å². The first-order chi connectivity index (χ1) is 8.83. The summed E-state index contributed by atoms with van der Waals surface area (Å²) in [6, 6.07) is 8.61. The summed E-state index contributed by atoms with van der Waals surface area (Å²) in [5, 5.41) is 7.92. The first-order valence-electron chi connectivity index (χ1n) is 6.00. The summed E-state index contributed by atoms with van der Waals surface area (Å²) in [4.78, 5) is 4.28. The largest absolute Gasteiger partial charge is 0.385 e. The minimum absolute atomic E-state index is 0.922. The highest BCUT2D eigenvalue weighted by molar-refractivity contribution is 7.09. The van der Waals surface area contributed by atoms with Crippen LogP contribution in [0.4, 0.5) is 5.69 Å². The van der Waals surface area contributed by atoms with Crippen LogP contribution in [0.2, 0.25) is 0 Å². The Balaban J connectivity index is 1.67. The molecule has 0 aliphatic heterocycles. The third-order valence-corrected chi connectivity index (χ3v) is 3.88. The Labute approximate surface area is 110 Å². The summed E-state index contributed by atoms with van der Waals surface area (Å²) in [6.45, 7) is 0.922. The maximum Gasteiger partial charge on any atom is 0.0942 e. The minimum atomic E-state index is 0.922. The van der Waals surface area contributed by atoms with Crippen LogP contribution in [-0.4, -0.2) is 16.1 Å². The molecule has 0 atom stereocenters. The summed E-state index contributed by atoms with van der Waals surface area (Å²) in [5.74, 6) is 0. The molecule has 1 N–H and O–H groups in total. The van der Waals surface area contributed by atoms with E-state index in [0.717, 1.165) is 13.0 Å². The maximum atomic E-state index is 4.28. The molecule has 0 bridgehead atoms. The molecule has 0 fully saturated rings. The van der Waals surface area contributed by atoms with Crippen LogP contribution in [0.25, 0.3) is 10.9 Å². The van der Waals surface area contributed by atoms with Crippen molar-refractivity contribution in [1.29, 1.82) is 0 Å². The maximum absolute atomic E-state index is 4.28. The van der Waals surface area contributed by atoms with Crippen molar-refractivity contribution in [2.45, 2.75) is 6.42 Å². The molecule has 1 aromatic carbocycles. The molecule has 0 saturated heterocycles. The molecule has 3 nitrogen and oxygen atoms in total. The van der Waals surface area contributed by atoms with Gasteiger partial charge in [0.2, 0.25) is 0 Å². The number of rotatable bonds is 4. The summed E-state index contributed by atoms with van der Waals surface area (Å²) in [7, 11) is 2.07. The van der Waals surface area contributed by atoms with Crippen LogP contribution in [0.1, 0.15) is 5.01 Å². The molecular weight excluding hydrogens is 242 g/mol. The van der Waals surface area contributed by atoms with Gasteiger partial charge in [-0.05, 0) is 24.3 Å². The van der Waals surface area contributed by atoms with Crippen molar-refractivity contribution in [3.8, 4) is 0 Å². The highest BCUT2D eigenvalue weighted by Gasteiger charge is 2.00. The lowest BCUT2D eigenvalue weighted by molar-refractivity contribution is 0.969. The van der Waals surface area contributed by atoms with E-state index in [-0.39, 0.29) is 0 Å². The smallest absolute Gasteiger partial charge is 0.0942 e. The van der Waals surface area contributed by atoms with Gasteiger partial charge in [-0.25, -0.2) is 4.98 Å². The van der Waals surface area contributed by atoms with Gasteiger partial charge in [0.25, 0.3) is 0 Å². The van der Waals surface area contributed by atoms with Crippen molar-refractivity contribution >= 4 is 27.9 Å². The van der Waals surface area contributed by atoms with Crippen molar-refractivity contribution < 1.29 is 0 Å². The average Bonchev–Trinajstić information content (AvgIpc) is 3.00. The normalized spacial score (nSPS) is 10.9. The Bertz CT molecular complexity index is 640. The zero-order chi connectivity index (χ0) is 12.4. The summed E-state index contributed by atoms with van der Waals surface area (Å²) < 4.78 is 2.13. The van der Waals surface area contributed by atoms with Crippen LogP contribution in [-0.2, 0) is 13.5 Å². The molecule has 3 aromatic rings. The Hall–Kier alpha value is -1.81. The van der Waals surface area contributed by atoms with E-state index in [1.807, 2.05) is 11.6 Å². The molecule has 0 unspecified atom stereocenters. The topological polar surface area (TPSA) is 29.9 Å². The molecule has 0 aliphatic rings. The third-order valence-electron chi connectivity index (χ3n) is 3.04. The number of fused-ring (bicyclic) bond motifs is 1. The molecule has 92 valence electrons. The van der Waals surface area contributed by atoms with E-state index in [4.69, 9.17) is 0 Å². The predicted octanol–water partition coefficient (Wildman–Crippen LogP) is 3.29. The molecule has 4 heteroatoms. The van der Waals surface area contributed by atoms with Crippen LogP contribution < -0.4 is 5.32 Å². The molecule has 2 aromatic heterocycles. The monoisotopic (exact) mass is 257 g/mol. The standard InChI is InChI=1S/C14H15N3S/c1-17-8-5-11-10-12(2-3-13(11)17)15-6-4-14-16-7-9-18-14/h2-3,5,7-10,15H,4,6H2,1H3. The number of benzene rings is 1. The first kappa shape index (κ1) is 11.3. The first-order valence-corrected chi connectivity index (χ1v) is 6.88. The number of anilines is 1. The zero-order valence-electron chi connectivity index (χ0n) is 10.3. The number of hydrogen-bond acceptors (Lipinski definition) is 3. The SMILES string of the molecule is Cn1ccc2cc(NCCc3nccs3)ccc21. The second-order valence-corrected chi connectivity index (χ2v) is 5.28. The molecule has 0 amide bonds. The van der Waals surface area contributed by atoms with Crippen molar-refractivity contribution in [1.82, 2.24) is 9.55 Å². The molecule has 3 rings (SSSR count). The van der Waals surface area contributed by atoms with Crippen molar-refractivity contribution in [3.63, 3.8) is 0 Å². The number of hydrogen-bond donors (Lipinski definition) is 1. The van der Waals surface area contributed by atoms with Crippen molar-refractivity contribution in [2.24, 2.45) is 7.05 Å². The Kier molecular flexibility index (Phi) is 3.02. The fourth-order valence-corrected chi connectivity index (χ4v) is 2.70. The van der Waals surface area contributed by atoms with Gasteiger partial charge >= 0.3 is 0 Å². The Morgan fingerprint density at radius 1 is 1.33 bits per heavy atom. The lowest BCUT2D eigenvalue weighted by Crippen LogP contribution is -2.04. The number of nitrogens with one attached hydrogen (secondary N) is 1. The highest BCUT2D eigenvalue weighted by atomic mass is 32.1. The zero-order valence-corrected chi connectivity index (χ0v) is 11.1. The number of thiazole rings is 1. The molecule has 0 radical (unpaired) electrons. The molecule has 18 heavy (non-hydrogen) atoms. The van der Waals surface area contributed by atoms with Gasteiger partial charge in [-0.3, -0.25) is 0 Å². The van der Waals surface area contributed by atoms with Crippen LogP contribution in [0.3, 0.4) is 0 Å². The van der Waals surface area contributed by atoms with Gasteiger partial charge in [0, 0.05) is 54.4 Å². The number of aryl methyl sites for hydroxylation is 1. The van der Waals surface area contributed by atoms with Crippen molar-refractivity contribution in [3.05, 3.63) is 47.0 Å². The summed E-state index contributed by atoms with van der Waals surface area (Å²) >= 11 is 1.71. The Morgan fingerprint density at radius 2 is 2.28 bits per heavy atom. The third kappa shape index (κ3) is 2.24. The van der Waals surface area contributed by atoms with Gasteiger partial charge in [0.15, 0.2) is 0 Å². The van der Waals surface area contributed by atoms with Crippen LogP contribution in [0.5, 0.6) is 0 Å². The van der Waals surface area contributed by atoms with E-state index in [0.29, 0.717) is 0 Å². The molecule has 0 saturated carbocycles. The van der Waals surface area contributed by atoms with E-state index in [1.165, 1.54) is 21.6 Å². The summed E-state index contributed by atoms with van der Waals surface area (Å²) in [6.07, 6.45) is 4.92. The minimum Gasteiger partial charge on any atom is -0.385 e. The van der Waals surface area contributed by atoms with Gasteiger partial charge in [0.05, 0.1) is 5.01 Å². The van der Waals surface area contributed by atoms with Crippen LogP contribution in [0, 0.1) is 0 Å². The van der Waals surface area contributed by atoms with Gasteiger partial charge in [0.1, 0.15) is 0 Å². The fourth-order valence-electron chi connectivity index (χ4n) is 2.08. The van der Waals surface area contributed by atoms with Crippen LogP contribution in [0.15, 0.2) is 42.0 Å². The molecular formula is C14H15N3S. The number of nitrogens with zero attached hydrogens (tertiary/aromatic N) is 2. The fraction of sp³-hybridized carbons (Fsp3) is 0.214. The second kappa shape index (κ2) is 4.82. The molecule has 0 spiro atoms. The van der Waals surface area contributed by atoms with E-state index >= 15 is 0 Å². The van der Waals surface area contributed by atoms with Gasteiger partial charge in [-0.1, -0.05) is 0 Å². The lowest BCUT2D eigenvalue weighted by Gasteiger charge is -2.05. The van der Waals surface area contributed by atoms with Crippen molar-refractivity contribution in [2.75, 3.05) is 11.9 Å². The quantitative estimate of drug-likeness (QED) is 0.777. The van der Waals surface area contributed by atoms with Gasteiger partial charge in [-0.15, -0.1) is 11.3 Å². The van der Waals surface area contributed by atoms with E-state index < -0.39 is 0 Å². The highest BCUT2D eigenvalue weighted by Crippen LogP contribution is 2.19. The number of aromatic nitrogens is 2. The molecule has 2 heterocycles. The van der Waals surface area contributed by atoms with Crippen LogP contribution >= 0.6 is 11.3 Å². The average molecular weight is 257 g/mol. The molecule has 0 aliphatic carbocycles. The second-order valence-electron chi connectivity index (χ2n) is 4.30. The lowest BCUT2D eigenvalue weighted by atomic mass is 10.2.